The van der Waals surface area contributed by atoms with Crippen LogP contribution in [0.1, 0.15) is 42.5 Å². The monoisotopic (exact) mass is 237 g/mol. The lowest BCUT2D eigenvalue weighted by Gasteiger charge is -2.12. The van der Waals surface area contributed by atoms with Gasteiger partial charge in [-0.25, -0.2) is 9.90 Å². The quantitative estimate of drug-likeness (QED) is 0.788. The fourth-order valence-electron chi connectivity index (χ4n) is 1.72. The van der Waals surface area contributed by atoms with Gasteiger partial charge in [0.2, 0.25) is 0 Å². The number of hydrogen-bond acceptors (Lipinski definition) is 2. The Kier molecular flexibility index (Phi) is 5.49. The number of para-hydroxylation sites is 1. The molecule has 0 aromatic heterocycles. The predicted octanol–water partition coefficient (Wildman–Crippen LogP) is 2.84. The van der Waals surface area contributed by atoms with Crippen LogP contribution in [0.25, 0.3) is 0 Å². The summed E-state index contributed by atoms with van der Waals surface area (Å²) in [5, 5.41) is 27.9. The smallest absolute Gasteiger partial charge is 0.339 e. The van der Waals surface area contributed by atoms with Gasteiger partial charge in [-0.15, -0.1) is 0 Å². The van der Waals surface area contributed by atoms with Crippen LogP contribution in [0.3, 0.4) is 0 Å². The SMILES string of the molecule is O=C(O)c1ccccc1O.[O]C1CCCCC1. The van der Waals surface area contributed by atoms with E-state index in [0.717, 1.165) is 12.8 Å². The average Bonchev–Trinajstić information content (AvgIpc) is 2.31. The largest absolute Gasteiger partial charge is 0.507 e. The molecule has 1 aromatic carbocycles. The normalized spacial score (nSPS) is 15.8. The average molecular weight is 237 g/mol. The second-order valence-corrected chi connectivity index (χ2v) is 4.08. The van der Waals surface area contributed by atoms with Gasteiger partial charge in [-0.2, -0.15) is 0 Å². The topological polar surface area (TPSA) is 77.4 Å². The van der Waals surface area contributed by atoms with Gasteiger partial charge in [0.25, 0.3) is 0 Å². The first kappa shape index (κ1) is 13.5. The summed E-state index contributed by atoms with van der Waals surface area (Å²) >= 11 is 0. The Morgan fingerprint density at radius 3 is 2.06 bits per heavy atom. The molecule has 0 atom stereocenters. The Labute approximate surface area is 101 Å². The Morgan fingerprint density at radius 1 is 1.12 bits per heavy atom. The highest BCUT2D eigenvalue weighted by Gasteiger charge is 2.09. The molecule has 1 aromatic rings. The third-order valence-electron chi connectivity index (χ3n) is 2.69. The maximum Gasteiger partial charge on any atom is 0.339 e. The Balaban J connectivity index is 0.000000181. The van der Waals surface area contributed by atoms with Crippen LogP contribution >= 0.6 is 0 Å². The minimum absolute atomic E-state index is 0.0671. The van der Waals surface area contributed by atoms with E-state index in [4.69, 9.17) is 10.2 Å². The van der Waals surface area contributed by atoms with E-state index in [0.29, 0.717) is 0 Å². The molecule has 1 saturated carbocycles. The van der Waals surface area contributed by atoms with Crippen molar-refractivity contribution in [1.29, 1.82) is 0 Å². The zero-order chi connectivity index (χ0) is 12.7. The van der Waals surface area contributed by atoms with Crippen molar-refractivity contribution in [2.45, 2.75) is 38.2 Å². The highest BCUT2D eigenvalue weighted by molar-refractivity contribution is 5.90. The van der Waals surface area contributed by atoms with Crippen molar-refractivity contribution in [3.05, 3.63) is 29.8 Å². The molecule has 0 amide bonds. The van der Waals surface area contributed by atoms with Crippen LogP contribution in [0.4, 0.5) is 0 Å². The van der Waals surface area contributed by atoms with Crippen molar-refractivity contribution < 1.29 is 20.1 Å². The zero-order valence-corrected chi connectivity index (χ0v) is 9.63. The molecule has 0 saturated heterocycles. The minimum atomic E-state index is -1.11. The van der Waals surface area contributed by atoms with Gasteiger partial charge < -0.3 is 10.2 Å². The summed E-state index contributed by atoms with van der Waals surface area (Å²) in [5.41, 5.74) is -0.0671. The molecular weight excluding hydrogens is 220 g/mol. The van der Waals surface area contributed by atoms with Gasteiger partial charge in [0, 0.05) is 0 Å². The molecule has 0 unspecified atom stereocenters. The summed E-state index contributed by atoms with van der Waals surface area (Å²) in [6.45, 7) is 0. The van der Waals surface area contributed by atoms with Crippen LogP contribution in [0.2, 0.25) is 0 Å². The fraction of sp³-hybridized carbons (Fsp3) is 0.462. The van der Waals surface area contributed by atoms with Crippen LogP contribution in [0, 0.1) is 0 Å². The van der Waals surface area contributed by atoms with E-state index in [9.17, 15) is 9.90 Å². The molecule has 2 N–H and O–H groups in total. The van der Waals surface area contributed by atoms with Crippen LogP contribution in [0.15, 0.2) is 24.3 Å². The van der Waals surface area contributed by atoms with E-state index >= 15 is 0 Å². The van der Waals surface area contributed by atoms with Crippen molar-refractivity contribution in [2.24, 2.45) is 0 Å². The predicted molar refractivity (Wildman–Crippen MR) is 62.6 cm³/mol. The minimum Gasteiger partial charge on any atom is -0.507 e. The molecule has 0 aliphatic heterocycles. The lowest BCUT2D eigenvalue weighted by Crippen LogP contribution is -2.08. The summed E-state index contributed by atoms with van der Waals surface area (Å²) in [7, 11) is 0. The number of rotatable bonds is 1. The number of carboxylic acid groups (broad SMARTS) is 1. The first-order valence-electron chi connectivity index (χ1n) is 5.78. The third kappa shape index (κ3) is 4.87. The number of carboxylic acids is 1. The Morgan fingerprint density at radius 2 is 1.71 bits per heavy atom. The van der Waals surface area contributed by atoms with E-state index in [1.165, 1.54) is 31.4 Å². The van der Waals surface area contributed by atoms with E-state index in [2.05, 4.69) is 0 Å². The van der Waals surface area contributed by atoms with Gasteiger partial charge in [-0.3, -0.25) is 0 Å². The van der Waals surface area contributed by atoms with Gasteiger partial charge in [0.05, 0.1) is 6.10 Å². The highest BCUT2D eigenvalue weighted by atomic mass is 16.4. The summed E-state index contributed by atoms with van der Waals surface area (Å²) in [6.07, 6.45) is 5.29. The van der Waals surface area contributed by atoms with Gasteiger partial charge in [-0.1, -0.05) is 31.4 Å². The molecule has 4 heteroatoms. The van der Waals surface area contributed by atoms with Crippen LogP contribution in [-0.4, -0.2) is 22.3 Å². The lowest BCUT2D eigenvalue weighted by atomic mass is 9.98. The molecule has 1 fully saturated rings. The van der Waals surface area contributed by atoms with E-state index in [1.807, 2.05) is 0 Å². The second kappa shape index (κ2) is 6.91. The zero-order valence-electron chi connectivity index (χ0n) is 9.63. The molecule has 2 rings (SSSR count). The summed E-state index contributed by atoms with van der Waals surface area (Å²) in [5.74, 6) is -1.31. The number of hydrogen-bond donors (Lipinski definition) is 2. The van der Waals surface area contributed by atoms with Crippen LogP contribution < -0.4 is 0 Å². The highest BCUT2D eigenvalue weighted by Crippen LogP contribution is 2.17. The number of phenols is 1. The number of benzene rings is 1. The van der Waals surface area contributed by atoms with Crippen molar-refractivity contribution in [3.8, 4) is 5.75 Å². The first-order valence-corrected chi connectivity index (χ1v) is 5.78. The van der Waals surface area contributed by atoms with Crippen molar-refractivity contribution in [3.63, 3.8) is 0 Å². The van der Waals surface area contributed by atoms with Crippen molar-refractivity contribution in [1.82, 2.24) is 0 Å². The van der Waals surface area contributed by atoms with Crippen molar-refractivity contribution >= 4 is 5.97 Å². The summed E-state index contributed by atoms with van der Waals surface area (Å²) in [6, 6.07) is 5.81. The molecule has 1 radical (unpaired) electrons. The van der Waals surface area contributed by atoms with E-state index < -0.39 is 5.97 Å². The number of aromatic carboxylic acids is 1. The van der Waals surface area contributed by atoms with E-state index in [-0.39, 0.29) is 17.4 Å². The van der Waals surface area contributed by atoms with Gasteiger partial charge in [0.1, 0.15) is 11.3 Å². The molecule has 4 nitrogen and oxygen atoms in total. The molecule has 0 spiro atoms. The molecule has 1 aliphatic carbocycles. The molecular formula is C13H17O4. The van der Waals surface area contributed by atoms with Gasteiger partial charge in [-0.05, 0) is 25.0 Å². The van der Waals surface area contributed by atoms with Crippen LogP contribution in [-0.2, 0) is 5.11 Å². The number of carbonyl (C=O) groups is 1. The maximum absolute atomic E-state index is 10.5. The first-order chi connectivity index (χ1) is 8.11. The Bertz CT molecular complexity index is 356. The molecule has 0 bridgehead atoms. The maximum atomic E-state index is 10.5. The molecule has 17 heavy (non-hydrogen) atoms. The molecule has 1 aliphatic rings. The molecule has 93 valence electrons. The van der Waals surface area contributed by atoms with Crippen LogP contribution in [0.5, 0.6) is 5.75 Å². The lowest BCUT2D eigenvalue weighted by molar-refractivity contribution is 0.0564. The third-order valence-corrected chi connectivity index (χ3v) is 2.69. The standard InChI is InChI=1S/C7H6O3.C6H11O/c8-6-4-2-1-3-5(6)7(9)10;7-6-4-2-1-3-5-6/h1-4,8H,(H,9,10);6H,1-5H2. The van der Waals surface area contributed by atoms with Crippen molar-refractivity contribution in [2.75, 3.05) is 0 Å². The van der Waals surface area contributed by atoms with E-state index in [1.54, 1.807) is 12.1 Å². The Hall–Kier alpha value is -1.55. The molecule has 0 heterocycles. The van der Waals surface area contributed by atoms with Gasteiger partial charge in [0.15, 0.2) is 0 Å². The fourth-order valence-corrected chi connectivity index (χ4v) is 1.72. The second-order valence-electron chi connectivity index (χ2n) is 4.08. The summed E-state index contributed by atoms with van der Waals surface area (Å²) < 4.78 is 0. The summed E-state index contributed by atoms with van der Waals surface area (Å²) in [4.78, 5) is 10.3. The number of aromatic hydroxyl groups is 1. The van der Waals surface area contributed by atoms with Gasteiger partial charge >= 0.3 is 5.97 Å².